The SMILES string of the molecule is CCN(CC(=O)O)C1CC(NC(=O)Nc2ccc(F)c(C(F)(F)F)c2)C1. The molecule has 3 N–H and O–H groups in total. The number of nitrogens with one attached hydrogen (secondary N) is 2. The van der Waals surface area contributed by atoms with Gasteiger partial charge in [-0.3, -0.25) is 9.69 Å². The van der Waals surface area contributed by atoms with Crippen LogP contribution in [-0.2, 0) is 11.0 Å². The number of benzene rings is 1. The number of urea groups is 1. The molecule has 1 aliphatic carbocycles. The van der Waals surface area contributed by atoms with Crippen molar-refractivity contribution in [2.24, 2.45) is 0 Å². The van der Waals surface area contributed by atoms with Crippen LogP contribution in [0, 0.1) is 5.82 Å². The number of halogens is 4. The number of anilines is 1. The van der Waals surface area contributed by atoms with Gasteiger partial charge in [-0.1, -0.05) is 6.92 Å². The minimum atomic E-state index is -4.85. The van der Waals surface area contributed by atoms with Crippen molar-refractivity contribution in [3.8, 4) is 0 Å². The number of carboxylic acid groups (broad SMARTS) is 1. The first kappa shape index (κ1) is 20.0. The van der Waals surface area contributed by atoms with E-state index in [0.717, 1.165) is 6.07 Å². The molecule has 0 radical (unpaired) electrons. The summed E-state index contributed by atoms with van der Waals surface area (Å²) in [5.74, 6) is -2.35. The van der Waals surface area contributed by atoms with Gasteiger partial charge in [0.15, 0.2) is 0 Å². The molecule has 6 nitrogen and oxygen atoms in total. The third kappa shape index (κ3) is 5.07. The zero-order valence-electron chi connectivity index (χ0n) is 13.9. The molecule has 0 aromatic heterocycles. The van der Waals surface area contributed by atoms with Crippen molar-refractivity contribution in [3.63, 3.8) is 0 Å². The predicted molar refractivity (Wildman–Crippen MR) is 85.2 cm³/mol. The number of rotatable bonds is 6. The average molecular weight is 377 g/mol. The quantitative estimate of drug-likeness (QED) is 0.666. The molecule has 10 heteroatoms. The maximum absolute atomic E-state index is 13.2. The monoisotopic (exact) mass is 377 g/mol. The zero-order valence-corrected chi connectivity index (χ0v) is 13.9. The Kier molecular flexibility index (Phi) is 6.06. The molecule has 2 rings (SSSR count). The van der Waals surface area contributed by atoms with Crippen molar-refractivity contribution in [2.75, 3.05) is 18.4 Å². The summed E-state index contributed by atoms with van der Waals surface area (Å²) >= 11 is 0. The van der Waals surface area contributed by atoms with Crippen LogP contribution in [0.5, 0.6) is 0 Å². The summed E-state index contributed by atoms with van der Waals surface area (Å²) < 4.78 is 51.2. The van der Waals surface area contributed by atoms with Crippen molar-refractivity contribution in [2.45, 2.75) is 38.0 Å². The Morgan fingerprint density at radius 1 is 1.31 bits per heavy atom. The topological polar surface area (TPSA) is 81.7 Å². The Morgan fingerprint density at radius 2 is 1.96 bits per heavy atom. The average Bonchev–Trinajstić information content (AvgIpc) is 2.49. The van der Waals surface area contributed by atoms with Gasteiger partial charge in [0.1, 0.15) is 5.82 Å². The number of nitrogens with zero attached hydrogens (tertiary/aromatic N) is 1. The minimum absolute atomic E-state index is 0.0315. The Bertz CT molecular complexity index is 675. The van der Waals surface area contributed by atoms with E-state index >= 15 is 0 Å². The molecule has 1 fully saturated rings. The van der Waals surface area contributed by atoms with Crippen LogP contribution in [0.3, 0.4) is 0 Å². The number of likely N-dealkylation sites (N-methyl/N-ethyl adjacent to an activating group) is 1. The number of alkyl halides is 3. The predicted octanol–water partition coefficient (Wildman–Crippen LogP) is 2.90. The highest BCUT2D eigenvalue weighted by Gasteiger charge is 2.36. The van der Waals surface area contributed by atoms with Gasteiger partial charge in [-0.15, -0.1) is 0 Å². The van der Waals surface area contributed by atoms with Crippen LogP contribution < -0.4 is 10.6 Å². The smallest absolute Gasteiger partial charge is 0.419 e. The van der Waals surface area contributed by atoms with E-state index in [2.05, 4.69) is 10.6 Å². The second kappa shape index (κ2) is 7.90. The van der Waals surface area contributed by atoms with Gasteiger partial charge in [0.05, 0.1) is 12.1 Å². The number of hydrogen-bond donors (Lipinski definition) is 3. The highest BCUT2D eigenvalue weighted by molar-refractivity contribution is 5.89. The molecule has 0 aliphatic heterocycles. The van der Waals surface area contributed by atoms with Crippen LogP contribution in [0.2, 0.25) is 0 Å². The minimum Gasteiger partial charge on any atom is -0.480 e. The summed E-state index contributed by atoms with van der Waals surface area (Å²) in [6.45, 7) is 2.31. The van der Waals surface area contributed by atoms with Gasteiger partial charge in [0, 0.05) is 17.8 Å². The normalized spacial score (nSPS) is 19.8. The molecule has 26 heavy (non-hydrogen) atoms. The first-order valence-corrected chi connectivity index (χ1v) is 8.00. The Morgan fingerprint density at radius 3 is 2.50 bits per heavy atom. The summed E-state index contributed by atoms with van der Waals surface area (Å²) in [6, 6.07) is 1.34. The number of hydrogen-bond acceptors (Lipinski definition) is 3. The fraction of sp³-hybridized carbons (Fsp3) is 0.500. The molecule has 0 atom stereocenters. The van der Waals surface area contributed by atoms with Crippen LogP contribution in [-0.4, -0.2) is 47.2 Å². The second-order valence-electron chi connectivity index (χ2n) is 6.07. The van der Waals surface area contributed by atoms with E-state index in [1.807, 2.05) is 6.92 Å². The van der Waals surface area contributed by atoms with Crippen molar-refractivity contribution < 1.29 is 32.3 Å². The Balaban J connectivity index is 1.86. The van der Waals surface area contributed by atoms with E-state index in [0.29, 0.717) is 31.5 Å². The summed E-state index contributed by atoms with van der Waals surface area (Å²) in [7, 11) is 0. The van der Waals surface area contributed by atoms with E-state index in [4.69, 9.17) is 5.11 Å². The van der Waals surface area contributed by atoms with Gasteiger partial charge < -0.3 is 15.7 Å². The molecule has 0 bridgehead atoms. The molecule has 0 heterocycles. The molecular formula is C16H19F4N3O3. The fourth-order valence-electron chi connectivity index (χ4n) is 2.85. The number of aliphatic carboxylic acids is 1. The lowest BCUT2D eigenvalue weighted by molar-refractivity contribution is -0.140. The lowest BCUT2D eigenvalue weighted by atomic mass is 9.85. The van der Waals surface area contributed by atoms with Crippen molar-refractivity contribution in [1.29, 1.82) is 0 Å². The van der Waals surface area contributed by atoms with Crippen LogP contribution in [0.25, 0.3) is 0 Å². The van der Waals surface area contributed by atoms with Crippen LogP contribution in [0.4, 0.5) is 28.0 Å². The molecular weight excluding hydrogens is 358 g/mol. The number of amides is 2. The first-order chi connectivity index (χ1) is 12.1. The van der Waals surface area contributed by atoms with Gasteiger partial charge in [-0.25, -0.2) is 9.18 Å². The lowest BCUT2D eigenvalue weighted by Gasteiger charge is -2.42. The maximum atomic E-state index is 13.2. The molecule has 1 aromatic rings. The molecule has 1 aliphatic rings. The van der Waals surface area contributed by atoms with Crippen molar-refractivity contribution >= 4 is 17.7 Å². The number of carboxylic acids is 1. The van der Waals surface area contributed by atoms with Crippen LogP contribution >= 0.6 is 0 Å². The summed E-state index contributed by atoms with van der Waals surface area (Å²) in [4.78, 5) is 24.4. The highest BCUT2D eigenvalue weighted by atomic mass is 19.4. The lowest BCUT2D eigenvalue weighted by Crippen LogP contribution is -2.55. The molecule has 0 unspecified atom stereocenters. The van der Waals surface area contributed by atoms with E-state index in [1.165, 1.54) is 0 Å². The maximum Gasteiger partial charge on any atom is 0.419 e. The Labute approximate surface area is 147 Å². The second-order valence-corrected chi connectivity index (χ2v) is 6.07. The number of carbonyl (C=O) groups excluding carboxylic acids is 1. The first-order valence-electron chi connectivity index (χ1n) is 8.00. The summed E-state index contributed by atoms with van der Waals surface area (Å²) in [6.07, 6.45) is -3.76. The van der Waals surface area contributed by atoms with Gasteiger partial charge in [0.2, 0.25) is 0 Å². The standard InChI is InChI=1S/C16H19F4N3O3/c1-2-23(8-14(24)25)11-5-10(6-11)22-15(26)21-9-3-4-13(17)12(7-9)16(18,19)20/h3-4,7,10-11H,2,5-6,8H2,1H3,(H,24,25)(H2,21,22,26). The van der Waals surface area contributed by atoms with Crippen molar-refractivity contribution in [3.05, 3.63) is 29.6 Å². The third-order valence-corrected chi connectivity index (χ3v) is 4.24. The van der Waals surface area contributed by atoms with E-state index in [9.17, 15) is 27.2 Å². The molecule has 144 valence electrons. The van der Waals surface area contributed by atoms with Gasteiger partial charge in [-0.05, 0) is 37.6 Å². The third-order valence-electron chi connectivity index (χ3n) is 4.24. The van der Waals surface area contributed by atoms with Crippen LogP contribution in [0.15, 0.2) is 18.2 Å². The number of carbonyl (C=O) groups is 2. The molecule has 2 amide bonds. The van der Waals surface area contributed by atoms with E-state index in [1.54, 1.807) is 4.90 Å². The van der Waals surface area contributed by atoms with Crippen LogP contribution in [0.1, 0.15) is 25.3 Å². The molecule has 1 saturated carbocycles. The molecule has 1 aromatic carbocycles. The van der Waals surface area contributed by atoms with Crippen molar-refractivity contribution in [1.82, 2.24) is 10.2 Å². The summed E-state index contributed by atoms with van der Waals surface area (Å²) in [5, 5.41) is 13.7. The Hall–Kier alpha value is -2.36. The van der Waals surface area contributed by atoms with E-state index in [-0.39, 0.29) is 24.3 Å². The molecule has 0 saturated heterocycles. The van der Waals surface area contributed by atoms with Gasteiger partial charge in [-0.2, -0.15) is 13.2 Å². The van der Waals surface area contributed by atoms with E-state index < -0.39 is 29.6 Å². The largest absolute Gasteiger partial charge is 0.480 e. The van der Waals surface area contributed by atoms with Gasteiger partial charge >= 0.3 is 18.2 Å². The zero-order chi connectivity index (χ0) is 19.5. The molecule has 0 spiro atoms. The fourth-order valence-corrected chi connectivity index (χ4v) is 2.85. The highest BCUT2D eigenvalue weighted by Crippen LogP contribution is 2.33. The van der Waals surface area contributed by atoms with Gasteiger partial charge in [0.25, 0.3) is 0 Å². The summed E-state index contributed by atoms with van der Waals surface area (Å²) in [5.41, 5.74) is -1.63.